The van der Waals surface area contributed by atoms with Crippen LogP contribution >= 0.6 is 0 Å². The first-order chi connectivity index (χ1) is 16.0. The van der Waals surface area contributed by atoms with Crippen LogP contribution in [0.2, 0.25) is 0 Å². The van der Waals surface area contributed by atoms with Crippen LogP contribution in [0.3, 0.4) is 0 Å². The predicted molar refractivity (Wildman–Crippen MR) is 127 cm³/mol. The van der Waals surface area contributed by atoms with Crippen molar-refractivity contribution in [3.8, 4) is 11.5 Å². The Morgan fingerprint density at radius 1 is 1.06 bits per heavy atom. The average molecular weight is 449 g/mol. The van der Waals surface area contributed by atoms with E-state index in [1.165, 1.54) is 14.2 Å². The van der Waals surface area contributed by atoms with Crippen LogP contribution in [0, 0.1) is 0 Å². The third-order valence-corrected chi connectivity index (χ3v) is 5.13. The van der Waals surface area contributed by atoms with Gasteiger partial charge in [-0.15, -0.1) is 13.2 Å². The van der Waals surface area contributed by atoms with Crippen molar-refractivity contribution in [3.63, 3.8) is 0 Å². The minimum Gasteiger partial charge on any atom is -0.493 e. The number of hydrogen-bond donors (Lipinski definition) is 1. The maximum absolute atomic E-state index is 12.9. The van der Waals surface area contributed by atoms with Gasteiger partial charge in [-0.05, 0) is 30.3 Å². The van der Waals surface area contributed by atoms with E-state index in [-0.39, 0.29) is 24.9 Å². The standard InChI is InChI=1S/C25H28N4O4/c1-5-13-28(14-6-2)24(30)17-29-20-10-8-7-9-19(20)27-23(29)16-26-25(31)18-11-12-21(32-3)22(15-18)33-4/h5-12,15H,1-2,13-14,16-17H2,3-4H3,(H,26,31). The van der Waals surface area contributed by atoms with E-state index in [1.807, 2.05) is 28.8 Å². The fourth-order valence-electron chi connectivity index (χ4n) is 3.50. The third-order valence-electron chi connectivity index (χ3n) is 5.13. The van der Waals surface area contributed by atoms with Crippen molar-refractivity contribution in [1.29, 1.82) is 0 Å². The number of methoxy groups -OCH3 is 2. The van der Waals surface area contributed by atoms with Crippen molar-refractivity contribution in [2.24, 2.45) is 0 Å². The summed E-state index contributed by atoms with van der Waals surface area (Å²) in [6, 6.07) is 12.5. The van der Waals surface area contributed by atoms with Crippen LogP contribution in [-0.2, 0) is 17.9 Å². The quantitative estimate of drug-likeness (QED) is 0.456. The number of amides is 2. The molecule has 33 heavy (non-hydrogen) atoms. The Kier molecular flexibility index (Phi) is 7.86. The zero-order valence-corrected chi connectivity index (χ0v) is 18.9. The second-order valence-electron chi connectivity index (χ2n) is 7.23. The van der Waals surface area contributed by atoms with Gasteiger partial charge in [-0.2, -0.15) is 0 Å². The molecule has 0 saturated carbocycles. The number of nitrogens with zero attached hydrogens (tertiary/aromatic N) is 3. The van der Waals surface area contributed by atoms with Gasteiger partial charge in [-0.3, -0.25) is 9.59 Å². The van der Waals surface area contributed by atoms with E-state index in [4.69, 9.17) is 9.47 Å². The number of rotatable bonds is 11. The molecule has 8 nitrogen and oxygen atoms in total. The van der Waals surface area contributed by atoms with Gasteiger partial charge in [-0.1, -0.05) is 24.3 Å². The first kappa shape index (κ1) is 23.6. The number of aromatic nitrogens is 2. The zero-order valence-electron chi connectivity index (χ0n) is 18.9. The van der Waals surface area contributed by atoms with Crippen molar-refractivity contribution in [2.75, 3.05) is 27.3 Å². The van der Waals surface area contributed by atoms with E-state index in [9.17, 15) is 9.59 Å². The number of hydrogen-bond acceptors (Lipinski definition) is 5. The number of imidazole rings is 1. The fraction of sp³-hybridized carbons (Fsp3) is 0.240. The highest BCUT2D eigenvalue weighted by Crippen LogP contribution is 2.27. The normalized spacial score (nSPS) is 10.5. The smallest absolute Gasteiger partial charge is 0.251 e. The van der Waals surface area contributed by atoms with Crippen LogP contribution in [0.1, 0.15) is 16.2 Å². The number of carbonyl (C=O) groups excluding carboxylic acids is 2. The minimum atomic E-state index is -0.291. The van der Waals surface area contributed by atoms with Crippen LogP contribution in [0.25, 0.3) is 11.0 Å². The largest absolute Gasteiger partial charge is 0.493 e. The van der Waals surface area contributed by atoms with E-state index in [0.29, 0.717) is 36.0 Å². The molecule has 0 aliphatic rings. The van der Waals surface area contributed by atoms with Gasteiger partial charge in [0.2, 0.25) is 5.91 Å². The van der Waals surface area contributed by atoms with Crippen LogP contribution in [0.5, 0.6) is 11.5 Å². The van der Waals surface area contributed by atoms with Gasteiger partial charge in [0, 0.05) is 18.7 Å². The van der Waals surface area contributed by atoms with Crippen molar-refractivity contribution < 1.29 is 19.1 Å². The Bertz CT molecular complexity index is 1160. The molecule has 8 heteroatoms. The summed E-state index contributed by atoms with van der Waals surface area (Å²) in [5, 5.41) is 2.88. The lowest BCUT2D eigenvalue weighted by Gasteiger charge is -2.20. The van der Waals surface area contributed by atoms with Gasteiger partial charge < -0.3 is 24.3 Å². The molecule has 172 valence electrons. The van der Waals surface area contributed by atoms with Gasteiger partial charge in [0.25, 0.3) is 5.91 Å². The zero-order chi connectivity index (χ0) is 23.8. The lowest BCUT2D eigenvalue weighted by atomic mass is 10.2. The third kappa shape index (κ3) is 5.41. The lowest BCUT2D eigenvalue weighted by molar-refractivity contribution is -0.130. The van der Waals surface area contributed by atoms with Crippen LogP contribution in [0.4, 0.5) is 0 Å². The molecular weight excluding hydrogens is 420 g/mol. The average Bonchev–Trinajstić information content (AvgIpc) is 3.19. The predicted octanol–water partition coefficient (Wildman–Crippen LogP) is 3.18. The summed E-state index contributed by atoms with van der Waals surface area (Å²) in [6.45, 7) is 8.51. The molecular formula is C25H28N4O4. The first-order valence-corrected chi connectivity index (χ1v) is 10.5. The number of nitrogens with one attached hydrogen (secondary N) is 1. The van der Waals surface area contributed by atoms with Crippen molar-refractivity contribution in [3.05, 3.63) is 79.2 Å². The van der Waals surface area contributed by atoms with Gasteiger partial charge in [-0.25, -0.2) is 4.98 Å². The molecule has 0 aliphatic heterocycles. The van der Waals surface area contributed by atoms with Gasteiger partial charge >= 0.3 is 0 Å². The molecule has 1 N–H and O–H groups in total. The van der Waals surface area contributed by atoms with Gasteiger partial charge in [0.1, 0.15) is 12.4 Å². The Morgan fingerprint density at radius 2 is 1.76 bits per heavy atom. The van der Waals surface area contributed by atoms with Crippen molar-refractivity contribution in [1.82, 2.24) is 19.8 Å². The first-order valence-electron chi connectivity index (χ1n) is 10.5. The van der Waals surface area contributed by atoms with Crippen molar-refractivity contribution in [2.45, 2.75) is 13.1 Å². The number of fused-ring (bicyclic) bond motifs is 1. The molecule has 0 spiro atoms. The van der Waals surface area contributed by atoms with E-state index in [1.54, 1.807) is 35.3 Å². The molecule has 1 heterocycles. The Labute approximate surface area is 193 Å². The van der Waals surface area contributed by atoms with Crippen LogP contribution < -0.4 is 14.8 Å². The Hall–Kier alpha value is -4.07. The number of para-hydroxylation sites is 2. The maximum Gasteiger partial charge on any atom is 0.251 e. The summed E-state index contributed by atoms with van der Waals surface area (Å²) in [5.41, 5.74) is 1.99. The second-order valence-corrected chi connectivity index (χ2v) is 7.23. The van der Waals surface area contributed by atoms with Crippen LogP contribution in [0.15, 0.2) is 67.8 Å². The second kappa shape index (κ2) is 11.0. The van der Waals surface area contributed by atoms with Crippen LogP contribution in [-0.4, -0.2) is 53.6 Å². The Balaban J connectivity index is 1.83. The molecule has 0 bridgehead atoms. The van der Waals surface area contributed by atoms with E-state index < -0.39 is 0 Å². The summed E-state index contributed by atoms with van der Waals surface area (Å²) in [7, 11) is 3.05. The molecule has 0 fully saturated rings. The lowest BCUT2D eigenvalue weighted by Crippen LogP contribution is -2.35. The fourth-order valence-corrected chi connectivity index (χ4v) is 3.50. The molecule has 2 amide bonds. The Morgan fingerprint density at radius 3 is 2.42 bits per heavy atom. The molecule has 2 aromatic carbocycles. The molecule has 3 rings (SSSR count). The number of ether oxygens (including phenoxy) is 2. The maximum atomic E-state index is 12.9. The molecule has 0 unspecified atom stereocenters. The van der Waals surface area contributed by atoms with E-state index >= 15 is 0 Å². The topological polar surface area (TPSA) is 85.7 Å². The molecule has 3 aromatic rings. The number of carbonyl (C=O) groups is 2. The SMILES string of the molecule is C=CCN(CC=C)C(=O)Cn1c(CNC(=O)c2ccc(OC)c(OC)c2)nc2ccccc21. The summed E-state index contributed by atoms with van der Waals surface area (Å²) in [6.07, 6.45) is 3.36. The highest BCUT2D eigenvalue weighted by Gasteiger charge is 2.18. The van der Waals surface area contributed by atoms with E-state index in [2.05, 4.69) is 23.5 Å². The van der Waals surface area contributed by atoms with Gasteiger partial charge in [0.05, 0.1) is 31.8 Å². The molecule has 1 aromatic heterocycles. The molecule has 0 atom stereocenters. The summed E-state index contributed by atoms with van der Waals surface area (Å²) < 4.78 is 12.3. The summed E-state index contributed by atoms with van der Waals surface area (Å²) in [4.78, 5) is 32.0. The summed E-state index contributed by atoms with van der Waals surface area (Å²) in [5.74, 6) is 1.20. The molecule has 0 saturated heterocycles. The molecule has 0 aliphatic carbocycles. The highest BCUT2D eigenvalue weighted by molar-refractivity contribution is 5.95. The summed E-state index contributed by atoms with van der Waals surface area (Å²) >= 11 is 0. The minimum absolute atomic E-state index is 0.0871. The number of benzene rings is 2. The van der Waals surface area contributed by atoms with Gasteiger partial charge in [0.15, 0.2) is 11.5 Å². The monoisotopic (exact) mass is 448 g/mol. The van der Waals surface area contributed by atoms with Crippen molar-refractivity contribution >= 4 is 22.8 Å². The highest BCUT2D eigenvalue weighted by atomic mass is 16.5. The molecule has 0 radical (unpaired) electrons. The van der Waals surface area contributed by atoms with E-state index in [0.717, 1.165) is 11.0 Å².